The SMILES string of the molecule is CN(CCCCCCN(C)C1CC(C)(C)N(C)C(C)(C)C1)C1CC(C)(C)N(C)C(C)(C)C1. The highest BCUT2D eigenvalue weighted by Crippen LogP contribution is 2.39. The molecule has 0 amide bonds. The molecule has 0 N–H and O–H groups in total. The number of hydrogen-bond donors (Lipinski definition) is 0. The van der Waals surface area contributed by atoms with Gasteiger partial charge < -0.3 is 9.80 Å². The van der Waals surface area contributed by atoms with Crippen LogP contribution >= 0.6 is 0 Å². The van der Waals surface area contributed by atoms with Crippen molar-refractivity contribution in [2.24, 2.45) is 0 Å². The van der Waals surface area contributed by atoms with Crippen LogP contribution in [0.2, 0.25) is 0 Å². The fourth-order valence-corrected chi connectivity index (χ4v) is 6.70. The van der Waals surface area contributed by atoms with Crippen LogP contribution in [-0.2, 0) is 0 Å². The number of nitrogens with zero attached hydrogens (tertiary/aromatic N) is 4. The topological polar surface area (TPSA) is 13.0 Å². The highest BCUT2D eigenvalue weighted by atomic mass is 15.3. The Morgan fingerprint density at radius 1 is 0.531 bits per heavy atom. The molecule has 2 heterocycles. The zero-order valence-electron chi connectivity index (χ0n) is 24.0. The normalized spacial score (nSPS) is 26.8. The molecule has 2 saturated heterocycles. The fourth-order valence-electron chi connectivity index (χ4n) is 6.70. The molecule has 2 rings (SSSR count). The zero-order chi connectivity index (χ0) is 24.5. The third-order valence-electron chi connectivity index (χ3n) is 9.59. The van der Waals surface area contributed by atoms with Gasteiger partial charge in [-0.25, -0.2) is 0 Å². The van der Waals surface area contributed by atoms with Gasteiger partial charge in [-0.3, -0.25) is 9.80 Å². The predicted molar refractivity (Wildman–Crippen MR) is 142 cm³/mol. The maximum absolute atomic E-state index is 2.66. The number of hydrogen-bond acceptors (Lipinski definition) is 4. The Hall–Kier alpha value is -0.160. The minimum absolute atomic E-state index is 0.280. The van der Waals surface area contributed by atoms with E-state index in [9.17, 15) is 0 Å². The minimum Gasteiger partial charge on any atom is -0.303 e. The van der Waals surface area contributed by atoms with Crippen LogP contribution in [0.25, 0.3) is 0 Å². The van der Waals surface area contributed by atoms with Crippen LogP contribution in [-0.4, -0.2) is 95.1 Å². The zero-order valence-corrected chi connectivity index (χ0v) is 24.0. The molecule has 32 heavy (non-hydrogen) atoms. The summed E-state index contributed by atoms with van der Waals surface area (Å²) in [7, 11) is 9.33. The Balaban J connectivity index is 1.69. The number of rotatable bonds is 9. The average molecular weight is 451 g/mol. The second-order valence-electron chi connectivity index (χ2n) is 13.9. The van der Waals surface area contributed by atoms with E-state index in [1.54, 1.807) is 0 Å². The van der Waals surface area contributed by atoms with Crippen LogP contribution in [0.5, 0.6) is 0 Å². The first-order valence-electron chi connectivity index (χ1n) is 13.4. The molecule has 2 aliphatic heterocycles. The molecular weight excluding hydrogens is 392 g/mol. The van der Waals surface area contributed by atoms with Gasteiger partial charge in [0, 0.05) is 34.2 Å². The van der Waals surface area contributed by atoms with Crippen molar-refractivity contribution in [2.75, 3.05) is 41.3 Å². The van der Waals surface area contributed by atoms with E-state index in [4.69, 9.17) is 0 Å². The van der Waals surface area contributed by atoms with Crippen LogP contribution in [0, 0.1) is 0 Å². The predicted octanol–water partition coefficient (Wildman–Crippen LogP) is 5.71. The summed E-state index contributed by atoms with van der Waals surface area (Å²) in [5.41, 5.74) is 1.12. The van der Waals surface area contributed by atoms with Crippen molar-refractivity contribution in [1.29, 1.82) is 0 Å². The Kier molecular flexibility index (Phi) is 8.97. The van der Waals surface area contributed by atoms with Gasteiger partial charge in [0.1, 0.15) is 0 Å². The molecule has 4 heteroatoms. The smallest absolute Gasteiger partial charge is 0.0170 e. The van der Waals surface area contributed by atoms with Crippen molar-refractivity contribution in [3.8, 4) is 0 Å². The standard InChI is InChI=1S/C28H58N4/c1-25(2)19-23(20-26(3,4)31(25)11)29(9)17-15-13-14-16-18-30(10)24-21-27(5,6)32(12)28(7,8)22-24/h23-24H,13-22H2,1-12H3. The summed E-state index contributed by atoms with van der Waals surface area (Å²) in [5.74, 6) is 0. The monoisotopic (exact) mass is 450 g/mol. The second kappa shape index (κ2) is 10.2. The lowest BCUT2D eigenvalue weighted by molar-refractivity contribution is -0.0433. The van der Waals surface area contributed by atoms with Crippen molar-refractivity contribution in [2.45, 2.75) is 141 Å². The average Bonchev–Trinajstić information content (AvgIpc) is 2.65. The summed E-state index contributed by atoms with van der Waals surface area (Å²) >= 11 is 0. The molecule has 0 unspecified atom stereocenters. The van der Waals surface area contributed by atoms with Crippen molar-refractivity contribution < 1.29 is 0 Å². The third-order valence-corrected chi connectivity index (χ3v) is 9.59. The molecule has 0 aliphatic carbocycles. The molecule has 0 saturated carbocycles. The van der Waals surface area contributed by atoms with E-state index in [-0.39, 0.29) is 22.2 Å². The van der Waals surface area contributed by atoms with E-state index in [1.165, 1.54) is 64.5 Å². The Labute approximate surface area is 202 Å². The first-order valence-corrected chi connectivity index (χ1v) is 13.4. The lowest BCUT2D eigenvalue weighted by Crippen LogP contribution is -2.62. The van der Waals surface area contributed by atoms with E-state index in [1.807, 2.05) is 0 Å². The maximum atomic E-state index is 2.66. The van der Waals surface area contributed by atoms with E-state index in [2.05, 4.69) is 103 Å². The first kappa shape index (κ1) is 28.1. The molecule has 190 valence electrons. The summed E-state index contributed by atoms with van der Waals surface area (Å²) in [6.45, 7) is 21.8. The minimum atomic E-state index is 0.280. The van der Waals surface area contributed by atoms with Gasteiger partial charge >= 0.3 is 0 Å². The molecular formula is C28H58N4. The quantitative estimate of drug-likeness (QED) is 0.417. The molecule has 4 nitrogen and oxygen atoms in total. The largest absolute Gasteiger partial charge is 0.303 e. The van der Waals surface area contributed by atoms with Gasteiger partial charge in [0.2, 0.25) is 0 Å². The summed E-state index contributed by atoms with van der Waals surface area (Å²) in [6, 6.07) is 1.41. The highest BCUT2D eigenvalue weighted by Gasteiger charge is 2.45. The van der Waals surface area contributed by atoms with Gasteiger partial charge in [0.05, 0.1) is 0 Å². The Morgan fingerprint density at radius 3 is 1.03 bits per heavy atom. The molecule has 0 bridgehead atoms. The maximum Gasteiger partial charge on any atom is 0.0170 e. The molecule has 0 atom stereocenters. The molecule has 2 fully saturated rings. The van der Waals surface area contributed by atoms with Crippen LogP contribution in [0.15, 0.2) is 0 Å². The molecule has 2 aliphatic rings. The van der Waals surface area contributed by atoms with E-state index in [0.717, 1.165) is 0 Å². The van der Waals surface area contributed by atoms with Crippen molar-refractivity contribution in [3.63, 3.8) is 0 Å². The number of unbranched alkanes of at least 4 members (excludes halogenated alkanes) is 3. The van der Waals surface area contributed by atoms with E-state index in [0.29, 0.717) is 12.1 Å². The first-order chi connectivity index (χ1) is 14.5. The van der Waals surface area contributed by atoms with E-state index < -0.39 is 0 Å². The van der Waals surface area contributed by atoms with Crippen LogP contribution in [0.4, 0.5) is 0 Å². The molecule has 0 aromatic rings. The van der Waals surface area contributed by atoms with Crippen LogP contribution < -0.4 is 0 Å². The van der Waals surface area contributed by atoms with Gasteiger partial charge in [-0.05, 0) is 135 Å². The summed E-state index contributed by atoms with van der Waals surface area (Å²) in [5, 5.41) is 0. The van der Waals surface area contributed by atoms with Gasteiger partial charge in [-0.1, -0.05) is 12.8 Å². The molecule has 0 aromatic carbocycles. The fraction of sp³-hybridized carbons (Fsp3) is 1.00. The van der Waals surface area contributed by atoms with Gasteiger partial charge in [-0.15, -0.1) is 0 Å². The highest BCUT2D eigenvalue weighted by molar-refractivity contribution is 5.02. The molecule has 0 aromatic heterocycles. The lowest BCUT2D eigenvalue weighted by Gasteiger charge is -2.55. The summed E-state index contributed by atoms with van der Waals surface area (Å²) in [6.07, 6.45) is 10.5. The Bertz CT molecular complexity index is 506. The number of piperidine rings is 2. The Morgan fingerprint density at radius 2 is 0.781 bits per heavy atom. The van der Waals surface area contributed by atoms with Crippen LogP contribution in [0.3, 0.4) is 0 Å². The number of likely N-dealkylation sites (tertiary alicyclic amines) is 2. The molecule has 0 spiro atoms. The van der Waals surface area contributed by atoms with Crippen molar-refractivity contribution >= 4 is 0 Å². The van der Waals surface area contributed by atoms with Crippen molar-refractivity contribution in [1.82, 2.24) is 19.6 Å². The summed E-state index contributed by atoms with van der Waals surface area (Å²) in [4.78, 5) is 10.5. The second-order valence-corrected chi connectivity index (χ2v) is 13.9. The third kappa shape index (κ3) is 6.71. The van der Waals surface area contributed by atoms with Gasteiger partial charge in [0.25, 0.3) is 0 Å². The van der Waals surface area contributed by atoms with Crippen molar-refractivity contribution in [3.05, 3.63) is 0 Å². The van der Waals surface area contributed by atoms with Crippen LogP contribution in [0.1, 0.15) is 107 Å². The van der Waals surface area contributed by atoms with Gasteiger partial charge in [0.15, 0.2) is 0 Å². The van der Waals surface area contributed by atoms with Gasteiger partial charge in [-0.2, -0.15) is 0 Å². The van der Waals surface area contributed by atoms with E-state index >= 15 is 0 Å². The molecule has 0 radical (unpaired) electrons. The summed E-state index contributed by atoms with van der Waals surface area (Å²) < 4.78 is 0. The lowest BCUT2D eigenvalue weighted by atomic mass is 9.77.